The molecule has 0 amide bonds. The maximum atomic E-state index is 11.3. The van der Waals surface area contributed by atoms with Gasteiger partial charge in [0.15, 0.2) is 5.69 Å². The predicted molar refractivity (Wildman–Crippen MR) is 127 cm³/mol. The van der Waals surface area contributed by atoms with Gasteiger partial charge >= 0.3 is 0 Å². The molecule has 1 saturated carbocycles. The lowest BCUT2D eigenvalue weighted by molar-refractivity contribution is -0.0212. The summed E-state index contributed by atoms with van der Waals surface area (Å²) in [5.74, 6) is 1.34. The van der Waals surface area contributed by atoms with Gasteiger partial charge in [-0.25, -0.2) is 9.83 Å². The van der Waals surface area contributed by atoms with E-state index < -0.39 is 6.10 Å². The Hall–Kier alpha value is -3.21. The van der Waals surface area contributed by atoms with E-state index in [1.807, 2.05) is 30.3 Å². The van der Waals surface area contributed by atoms with E-state index >= 15 is 0 Å². The summed E-state index contributed by atoms with van der Waals surface area (Å²) in [6.07, 6.45) is 4.18. The smallest absolute Gasteiger partial charge is 0.188 e. The molecule has 6 nitrogen and oxygen atoms in total. The van der Waals surface area contributed by atoms with Gasteiger partial charge in [-0.05, 0) is 54.0 Å². The van der Waals surface area contributed by atoms with Gasteiger partial charge in [0.2, 0.25) is 0 Å². The fourth-order valence-corrected chi connectivity index (χ4v) is 5.45. The zero-order valence-corrected chi connectivity index (χ0v) is 19.0. The summed E-state index contributed by atoms with van der Waals surface area (Å²) < 4.78 is 11.8. The molecule has 1 atom stereocenters. The van der Waals surface area contributed by atoms with Crippen molar-refractivity contribution in [2.45, 2.75) is 32.3 Å². The second-order valence-corrected chi connectivity index (χ2v) is 9.58. The van der Waals surface area contributed by atoms with Crippen LogP contribution in [0.3, 0.4) is 0 Å². The summed E-state index contributed by atoms with van der Waals surface area (Å²) >= 11 is 1.52. The maximum Gasteiger partial charge on any atom is 0.188 e. The third-order valence-electron chi connectivity index (χ3n) is 6.52. The van der Waals surface area contributed by atoms with Crippen LogP contribution in [0.5, 0.6) is 11.5 Å². The molecule has 162 valence electrons. The van der Waals surface area contributed by atoms with E-state index in [2.05, 4.69) is 16.8 Å². The Labute approximate surface area is 190 Å². The van der Waals surface area contributed by atoms with Gasteiger partial charge < -0.3 is 14.6 Å². The average Bonchev–Trinajstić information content (AvgIpc) is 3.24. The van der Waals surface area contributed by atoms with Crippen molar-refractivity contribution in [3.8, 4) is 22.1 Å². The molecule has 0 radical (unpaired) electrons. The number of nitrogens with zero attached hydrogens (tertiary/aromatic N) is 3. The Morgan fingerprint density at radius 1 is 1.09 bits per heavy atom. The van der Waals surface area contributed by atoms with Crippen molar-refractivity contribution >= 4 is 38.1 Å². The third kappa shape index (κ3) is 3.27. The zero-order chi connectivity index (χ0) is 22.5. The number of hydrogen-bond acceptors (Lipinski definition) is 6. The standard InChI is InChI=1S/C25H23N3O3S/c1-25(6-5-7-25)23(29)18-11-16(30-3)12-20-22(18)28-24(32-20)19-10-15(26-2)8-14-9-17(31-4)13-27-21(14)19/h8-13,23,29H,5-7H2,1,3-4H3. The van der Waals surface area contributed by atoms with Crippen molar-refractivity contribution in [2.24, 2.45) is 5.41 Å². The number of aliphatic hydroxyl groups excluding tert-OH is 1. The molecule has 2 aromatic heterocycles. The van der Waals surface area contributed by atoms with Crippen molar-refractivity contribution in [1.82, 2.24) is 9.97 Å². The van der Waals surface area contributed by atoms with E-state index in [9.17, 15) is 5.11 Å². The quantitative estimate of drug-likeness (QED) is 0.365. The van der Waals surface area contributed by atoms with Gasteiger partial charge in [-0.15, -0.1) is 11.3 Å². The largest absolute Gasteiger partial charge is 0.497 e. The van der Waals surface area contributed by atoms with Crippen LogP contribution in [0.2, 0.25) is 0 Å². The molecule has 2 heterocycles. The SMILES string of the molecule is [C-]#[N+]c1cc(-c2nc3c(C(O)C4(C)CCC4)cc(OC)cc3s2)c2ncc(OC)cc2c1. The molecule has 1 aliphatic carbocycles. The molecule has 0 bridgehead atoms. The first-order valence-corrected chi connectivity index (χ1v) is 11.3. The van der Waals surface area contributed by atoms with Gasteiger partial charge in [0, 0.05) is 11.1 Å². The first kappa shape index (κ1) is 20.7. The highest BCUT2D eigenvalue weighted by molar-refractivity contribution is 7.21. The second-order valence-electron chi connectivity index (χ2n) is 8.54. The summed E-state index contributed by atoms with van der Waals surface area (Å²) in [4.78, 5) is 13.2. The highest BCUT2D eigenvalue weighted by Gasteiger charge is 2.40. The van der Waals surface area contributed by atoms with Crippen LogP contribution < -0.4 is 9.47 Å². The molecule has 1 fully saturated rings. The molecule has 0 spiro atoms. The van der Waals surface area contributed by atoms with E-state index in [0.717, 1.165) is 56.5 Å². The molecule has 4 aromatic rings. The molecular formula is C25H23N3O3S. The van der Waals surface area contributed by atoms with Gasteiger partial charge in [0.25, 0.3) is 0 Å². The third-order valence-corrected chi connectivity index (χ3v) is 7.56. The van der Waals surface area contributed by atoms with Crippen molar-refractivity contribution in [1.29, 1.82) is 0 Å². The number of methoxy groups -OCH3 is 2. The summed E-state index contributed by atoms with van der Waals surface area (Å²) in [5, 5.41) is 12.8. The Kier molecular flexibility index (Phi) is 5.00. The monoisotopic (exact) mass is 445 g/mol. The fourth-order valence-electron chi connectivity index (χ4n) is 4.41. The van der Waals surface area contributed by atoms with Crippen molar-refractivity contribution in [2.75, 3.05) is 14.2 Å². The molecule has 1 N–H and O–H groups in total. The number of aromatic nitrogens is 2. The number of benzene rings is 2. The lowest BCUT2D eigenvalue weighted by Crippen LogP contribution is -2.32. The fraction of sp³-hybridized carbons (Fsp3) is 0.320. The van der Waals surface area contributed by atoms with Crippen molar-refractivity contribution in [3.05, 3.63) is 53.5 Å². The molecule has 32 heavy (non-hydrogen) atoms. The van der Waals surface area contributed by atoms with Crippen LogP contribution in [0.25, 0.3) is 36.5 Å². The van der Waals surface area contributed by atoms with Crippen LogP contribution in [0.4, 0.5) is 5.69 Å². The minimum atomic E-state index is -0.613. The summed E-state index contributed by atoms with van der Waals surface area (Å²) in [5.41, 5.74) is 3.51. The molecule has 1 aliphatic rings. The van der Waals surface area contributed by atoms with Crippen LogP contribution >= 0.6 is 11.3 Å². The molecule has 0 saturated heterocycles. The van der Waals surface area contributed by atoms with E-state index in [0.29, 0.717) is 17.2 Å². The summed E-state index contributed by atoms with van der Waals surface area (Å²) in [6, 6.07) is 9.37. The zero-order valence-electron chi connectivity index (χ0n) is 18.2. The Morgan fingerprint density at radius 3 is 2.53 bits per heavy atom. The number of aliphatic hydroxyl groups is 1. The van der Waals surface area contributed by atoms with Crippen LogP contribution in [-0.2, 0) is 0 Å². The Bertz CT molecular complexity index is 1380. The maximum absolute atomic E-state index is 11.3. The van der Waals surface area contributed by atoms with Crippen LogP contribution in [-0.4, -0.2) is 29.3 Å². The van der Waals surface area contributed by atoms with Crippen molar-refractivity contribution < 1.29 is 14.6 Å². The second kappa shape index (κ2) is 7.73. The van der Waals surface area contributed by atoms with Gasteiger partial charge in [-0.1, -0.05) is 13.3 Å². The van der Waals surface area contributed by atoms with Crippen LogP contribution in [0.15, 0.2) is 36.5 Å². The highest BCUT2D eigenvalue weighted by Crippen LogP contribution is 2.52. The topological polar surface area (TPSA) is 68.8 Å². The van der Waals surface area contributed by atoms with E-state index in [1.165, 1.54) is 11.3 Å². The lowest BCUT2D eigenvalue weighted by atomic mass is 9.65. The lowest BCUT2D eigenvalue weighted by Gasteiger charge is -2.42. The Morgan fingerprint density at radius 2 is 1.88 bits per heavy atom. The molecule has 0 aliphatic heterocycles. The van der Waals surface area contributed by atoms with Crippen LogP contribution in [0, 0.1) is 12.0 Å². The van der Waals surface area contributed by atoms with Gasteiger partial charge in [-0.3, -0.25) is 4.98 Å². The molecular weight excluding hydrogens is 422 g/mol. The van der Waals surface area contributed by atoms with Gasteiger partial charge in [0.1, 0.15) is 16.5 Å². The van der Waals surface area contributed by atoms with Gasteiger partial charge in [-0.2, -0.15) is 0 Å². The highest BCUT2D eigenvalue weighted by atomic mass is 32.1. The first-order chi connectivity index (χ1) is 15.5. The molecule has 7 heteroatoms. The average molecular weight is 446 g/mol. The molecule has 5 rings (SSSR count). The Balaban J connectivity index is 1.73. The number of rotatable bonds is 5. The number of fused-ring (bicyclic) bond motifs is 2. The summed E-state index contributed by atoms with van der Waals surface area (Å²) in [7, 11) is 3.23. The van der Waals surface area contributed by atoms with E-state index in [1.54, 1.807) is 20.4 Å². The van der Waals surface area contributed by atoms with Crippen LogP contribution in [0.1, 0.15) is 37.9 Å². The minimum absolute atomic E-state index is 0.141. The minimum Gasteiger partial charge on any atom is -0.497 e. The number of thiazole rings is 1. The normalized spacial score (nSPS) is 15.8. The number of pyridine rings is 1. The van der Waals surface area contributed by atoms with E-state index in [4.69, 9.17) is 21.0 Å². The van der Waals surface area contributed by atoms with Gasteiger partial charge in [0.05, 0.1) is 48.8 Å². The number of hydrogen-bond donors (Lipinski definition) is 1. The first-order valence-electron chi connectivity index (χ1n) is 10.5. The number of ether oxygens (including phenoxy) is 2. The summed E-state index contributed by atoms with van der Waals surface area (Å²) in [6.45, 7) is 9.66. The molecule has 1 unspecified atom stereocenters. The molecule has 2 aromatic carbocycles. The van der Waals surface area contributed by atoms with E-state index in [-0.39, 0.29) is 5.41 Å². The predicted octanol–water partition coefficient (Wildman–Crippen LogP) is 6.30. The van der Waals surface area contributed by atoms with Crippen molar-refractivity contribution in [3.63, 3.8) is 0 Å².